The zero-order valence-corrected chi connectivity index (χ0v) is 36.1. The minimum Gasteiger partial charge on any atom is -0.393 e. The van der Waals surface area contributed by atoms with Crippen molar-refractivity contribution in [1.29, 1.82) is 0 Å². The molecule has 0 spiro atoms. The molecule has 63 heavy (non-hydrogen) atoms. The molecule has 21 heteroatoms. The fourth-order valence-corrected chi connectivity index (χ4v) is 6.78. The van der Waals surface area contributed by atoms with E-state index in [2.05, 4.69) is 31.6 Å². The van der Waals surface area contributed by atoms with Gasteiger partial charge in [0.05, 0.1) is 31.2 Å². The summed E-state index contributed by atoms with van der Waals surface area (Å²) in [6.45, 7) is 2.41. The predicted molar refractivity (Wildman–Crippen MR) is 230 cm³/mol. The molecule has 1 saturated heterocycles. The third-order valence-corrected chi connectivity index (χ3v) is 10.5. The minimum absolute atomic E-state index is 0. The lowest BCUT2D eigenvalue weighted by Gasteiger charge is -2.25. The van der Waals surface area contributed by atoms with Gasteiger partial charge in [0.25, 0.3) is 0 Å². The molecule has 1 heterocycles. The highest BCUT2D eigenvalue weighted by Gasteiger charge is 2.35. The molecule has 0 bridgehead atoms. The molecule has 0 aliphatic carbocycles. The summed E-state index contributed by atoms with van der Waals surface area (Å²) in [6.07, 6.45) is -5.68. The van der Waals surface area contributed by atoms with Gasteiger partial charge in [-0.05, 0) is 45.6 Å². The highest BCUT2D eigenvalue weighted by molar-refractivity contribution is 5.97. The van der Waals surface area contributed by atoms with Crippen molar-refractivity contribution >= 4 is 64.4 Å². The van der Waals surface area contributed by atoms with E-state index in [1.165, 1.54) is 20.8 Å². The van der Waals surface area contributed by atoms with Crippen molar-refractivity contribution in [2.24, 2.45) is 39.9 Å². The van der Waals surface area contributed by atoms with Gasteiger partial charge in [-0.25, -0.2) is 0 Å². The molecule has 0 radical (unpaired) electrons. The van der Waals surface area contributed by atoms with E-state index in [-0.39, 0.29) is 59.0 Å². The highest BCUT2D eigenvalue weighted by atomic mass is 16.3. The average molecular weight is 890 g/mol. The molecule has 1 aromatic carbocycles. The lowest BCUT2D eigenvalue weighted by atomic mass is 9.83. The van der Waals surface area contributed by atoms with E-state index in [4.69, 9.17) is 17.2 Å². The Morgan fingerprint density at radius 3 is 2.17 bits per heavy atom. The normalized spacial score (nSPS) is 22.7. The summed E-state index contributed by atoms with van der Waals surface area (Å²) >= 11 is 0. The zero-order valence-electron chi connectivity index (χ0n) is 36.1. The number of Topliss-reactive ketones (excluding diaryl/α,β-unsaturated/α-hetero) is 5. The van der Waals surface area contributed by atoms with Crippen molar-refractivity contribution in [2.75, 3.05) is 26.2 Å². The number of nitrogens with zero attached hydrogens (tertiary/aromatic N) is 1. The maximum absolute atomic E-state index is 14.0. The first-order valence-corrected chi connectivity index (χ1v) is 20.9. The number of aliphatic hydroxyl groups excluding tert-OH is 2. The van der Waals surface area contributed by atoms with E-state index in [1.807, 2.05) is 0 Å². The third kappa shape index (κ3) is 19.8. The van der Waals surface area contributed by atoms with Crippen LogP contribution in [0.3, 0.4) is 0 Å². The first-order valence-electron chi connectivity index (χ1n) is 20.9. The van der Waals surface area contributed by atoms with Gasteiger partial charge in [-0.2, -0.15) is 0 Å². The number of nitrogens with one attached hydrogen (secondary N) is 5. The van der Waals surface area contributed by atoms with Gasteiger partial charge >= 0.3 is 0 Å². The molecule has 21 nitrogen and oxygen atoms in total. The summed E-state index contributed by atoms with van der Waals surface area (Å²) in [7, 11) is 0. The fraction of sp³-hybridized carbons (Fsp3) is 0.595. The van der Waals surface area contributed by atoms with Crippen molar-refractivity contribution in [3.63, 3.8) is 0 Å². The van der Waals surface area contributed by atoms with Crippen molar-refractivity contribution < 1.29 is 59.6 Å². The molecule has 8 atom stereocenters. The van der Waals surface area contributed by atoms with Crippen molar-refractivity contribution in [2.45, 2.75) is 115 Å². The van der Waals surface area contributed by atoms with Gasteiger partial charge in [-0.15, -0.1) is 0 Å². The number of amides is 5. The molecule has 350 valence electrons. The van der Waals surface area contributed by atoms with E-state index >= 15 is 0 Å². The van der Waals surface area contributed by atoms with Crippen molar-refractivity contribution in [3.05, 3.63) is 35.9 Å². The standard InChI is InChI=1S/C42H63N9O12.H2/c1-23(52)30(24(2)53)19-35(57)27-17-36(58)31(25(3)54)18-29(56)22-48-39(61)34(16-26-8-5-4-6-9-26)51-40(62)32(10-7-15-46-42(44)45)50-41(63)33(12-14-37(59)47-21-27)49-38(60)13-11-28(55)20-43;/h4-6,8-9,23,25,27,30-34,52,54H,7,10-22,43H2,1-3H3,(H,47,59)(H,48,61)(H,49,60)(H,50,63)(H,51,62)(H4,44,45,46);1H/t23-,25-,27+,30+,31+,32+,33+,34+;/m1./s1/i;1+2. The van der Waals surface area contributed by atoms with Crippen LogP contribution in [0.1, 0.15) is 85.5 Å². The summed E-state index contributed by atoms with van der Waals surface area (Å²) in [5.74, 6) is -11.0. The second kappa shape index (κ2) is 27.2. The van der Waals surface area contributed by atoms with Crippen LogP contribution in [0.15, 0.2) is 35.3 Å². The lowest BCUT2D eigenvalue weighted by molar-refractivity contribution is -0.136. The summed E-state index contributed by atoms with van der Waals surface area (Å²) < 4.78 is 0. The number of rotatable bonds is 17. The first-order chi connectivity index (χ1) is 29.7. The van der Waals surface area contributed by atoms with Gasteiger partial charge in [-0.3, -0.25) is 52.9 Å². The number of nitrogens with two attached hydrogens (primary N) is 3. The van der Waals surface area contributed by atoms with Crippen LogP contribution >= 0.6 is 0 Å². The van der Waals surface area contributed by atoms with Gasteiger partial charge in [0, 0.05) is 71.3 Å². The van der Waals surface area contributed by atoms with Crippen LogP contribution in [-0.2, 0) is 54.4 Å². The predicted octanol–water partition coefficient (Wildman–Crippen LogP) is -2.61. The van der Waals surface area contributed by atoms with E-state index in [1.54, 1.807) is 30.3 Å². The summed E-state index contributed by atoms with van der Waals surface area (Å²) in [6, 6.07) is 4.39. The Morgan fingerprint density at radius 2 is 1.57 bits per heavy atom. The largest absolute Gasteiger partial charge is 0.393 e. The Kier molecular flexibility index (Phi) is 23.0. The molecule has 1 aliphatic heterocycles. The van der Waals surface area contributed by atoms with Gasteiger partial charge in [0.15, 0.2) is 11.7 Å². The molecule has 5 amide bonds. The van der Waals surface area contributed by atoms with E-state index in [9.17, 15) is 58.2 Å². The Morgan fingerprint density at radius 1 is 0.905 bits per heavy atom. The van der Waals surface area contributed by atoms with Crippen molar-refractivity contribution in [1.82, 2.24) is 26.6 Å². The number of carbonyl (C=O) groups excluding carboxylic acids is 10. The molecule has 0 unspecified atom stereocenters. The molecule has 0 saturated carbocycles. The van der Waals surface area contributed by atoms with Gasteiger partial charge in [0.2, 0.25) is 29.5 Å². The van der Waals surface area contributed by atoms with E-state index in [0.29, 0.717) is 5.56 Å². The van der Waals surface area contributed by atoms with Gasteiger partial charge in [-0.1, -0.05) is 30.3 Å². The average Bonchev–Trinajstić information content (AvgIpc) is 3.22. The number of guanidine groups is 1. The molecule has 1 aliphatic rings. The maximum atomic E-state index is 14.0. The molecule has 1 aromatic rings. The topological polar surface area (TPSA) is 362 Å². The molecule has 0 aromatic heterocycles. The fourth-order valence-electron chi connectivity index (χ4n) is 6.78. The molecule has 13 N–H and O–H groups in total. The summed E-state index contributed by atoms with van der Waals surface area (Å²) in [5.41, 5.74) is 16.9. The highest BCUT2D eigenvalue weighted by Crippen LogP contribution is 2.21. The second-order valence-corrected chi connectivity index (χ2v) is 15.8. The molecule has 2 rings (SSSR count). The maximum Gasteiger partial charge on any atom is 0.243 e. The lowest BCUT2D eigenvalue weighted by Crippen LogP contribution is -2.57. The van der Waals surface area contributed by atoms with Crippen LogP contribution in [0.25, 0.3) is 0 Å². The zero-order chi connectivity index (χ0) is 47.2. The van der Waals surface area contributed by atoms with Gasteiger partial charge < -0.3 is 54.0 Å². The summed E-state index contributed by atoms with van der Waals surface area (Å²) in [5, 5.41) is 33.5. The van der Waals surface area contributed by atoms with E-state index < -0.39 is 145 Å². The number of hydrogen-bond donors (Lipinski definition) is 10. The Balaban J connectivity index is 0.0000205. The Hall–Kier alpha value is -5.93. The second-order valence-electron chi connectivity index (χ2n) is 15.8. The van der Waals surface area contributed by atoms with Gasteiger partial charge in [0.1, 0.15) is 41.3 Å². The van der Waals surface area contributed by atoms with Crippen LogP contribution in [0.5, 0.6) is 0 Å². The van der Waals surface area contributed by atoms with Crippen LogP contribution in [0.4, 0.5) is 0 Å². The quantitative estimate of drug-likeness (QED) is 0.0435. The molecule has 1 fully saturated rings. The Labute approximate surface area is 367 Å². The van der Waals surface area contributed by atoms with Crippen LogP contribution in [0, 0.1) is 17.8 Å². The molecular weight excluding hydrogens is 823 g/mol. The number of carbonyl (C=O) groups is 10. The van der Waals surface area contributed by atoms with Crippen LogP contribution in [-0.4, -0.2) is 131 Å². The van der Waals surface area contributed by atoms with Crippen LogP contribution < -0.4 is 43.8 Å². The smallest absolute Gasteiger partial charge is 0.243 e. The third-order valence-electron chi connectivity index (χ3n) is 10.5. The summed E-state index contributed by atoms with van der Waals surface area (Å²) in [4.78, 5) is 137. The number of benzene rings is 1. The van der Waals surface area contributed by atoms with Crippen molar-refractivity contribution in [3.8, 4) is 0 Å². The van der Waals surface area contributed by atoms with E-state index in [0.717, 1.165) is 0 Å². The monoisotopic (exact) mass is 889 g/mol. The first kappa shape index (κ1) is 53.2. The SMILES string of the molecule is CC(=O)[C@@H](CC(=O)[C@@H]1CNC(=O)CC[C@H](NC(=O)CCC(=O)CN)C(=O)N[C@@H](CCCN=C(N)N)C(=O)N[C@@H](Cc2ccccc2)C(=O)NCC(=O)C[C@@H]([C@@H](C)O)C(=O)C1)[C@@H](C)O.[3HH]. The van der Waals surface area contributed by atoms with Crippen LogP contribution in [0.2, 0.25) is 0 Å². The number of ketones is 5. The number of aliphatic hydroxyl groups is 2. The Bertz CT molecular complexity index is 1820. The molecular formula is C42H65N9O12. The minimum atomic E-state index is -1.47. The number of aliphatic imine (C=N–C) groups is 1. The number of hydrogen-bond acceptors (Lipinski definition) is 14.